The van der Waals surface area contributed by atoms with Crippen molar-refractivity contribution in [3.8, 4) is 0 Å². The molecule has 15 nitrogen and oxygen atoms in total. The summed E-state index contributed by atoms with van der Waals surface area (Å²) in [6.45, 7) is 2.30. The van der Waals surface area contributed by atoms with Crippen molar-refractivity contribution in [2.24, 2.45) is 16.5 Å². The molecule has 1 heterocycles. The number of nitrogens with one attached hydrogen (secondary N) is 5. The van der Waals surface area contributed by atoms with E-state index < -0.39 is 59.7 Å². The van der Waals surface area contributed by atoms with E-state index in [0.717, 1.165) is 10.8 Å². The maximum Gasteiger partial charge on any atom is 0.251 e. The number of anilines is 1. The zero-order valence-electron chi connectivity index (χ0n) is 32.5. The number of carbonyl (C=O) groups is 5. The highest BCUT2D eigenvalue weighted by Crippen LogP contribution is 2.23. The Morgan fingerprint density at radius 2 is 1.45 bits per heavy atom. The van der Waals surface area contributed by atoms with Gasteiger partial charge in [-0.25, -0.2) is 4.99 Å². The molecule has 58 heavy (non-hydrogen) atoms. The van der Waals surface area contributed by atoms with Crippen LogP contribution < -0.4 is 38.1 Å². The van der Waals surface area contributed by atoms with Crippen LogP contribution >= 0.6 is 0 Å². The Morgan fingerprint density at radius 1 is 0.776 bits per heavy atom. The van der Waals surface area contributed by atoms with Crippen LogP contribution in [-0.2, 0) is 35.1 Å². The van der Waals surface area contributed by atoms with Crippen LogP contribution in [0.3, 0.4) is 0 Å². The van der Waals surface area contributed by atoms with Gasteiger partial charge in [0.15, 0.2) is 5.96 Å². The molecule has 9 N–H and O–H groups in total. The van der Waals surface area contributed by atoms with E-state index in [1.807, 2.05) is 42.5 Å². The first-order chi connectivity index (χ1) is 28.1. The van der Waals surface area contributed by atoms with Crippen LogP contribution in [0.4, 0.5) is 5.69 Å². The van der Waals surface area contributed by atoms with E-state index in [0.29, 0.717) is 36.3 Å². The Bertz CT molecular complexity index is 2020. The van der Waals surface area contributed by atoms with Crippen LogP contribution in [0, 0.1) is 0 Å². The molecule has 4 aromatic rings. The number of ether oxygens (including phenoxy) is 2. The third kappa shape index (κ3) is 12.6. The first-order valence-electron chi connectivity index (χ1n) is 19.5. The minimum atomic E-state index is -1.39. The van der Waals surface area contributed by atoms with E-state index in [1.165, 1.54) is 0 Å². The van der Waals surface area contributed by atoms with Crippen LogP contribution in [0.25, 0.3) is 10.8 Å². The number of nitrogens with zero attached hydrogens (tertiary/aromatic N) is 1. The normalized spacial score (nSPS) is 20.7. The van der Waals surface area contributed by atoms with Crippen LogP contribution in [0.15, 0.2) is 108 Å². The minimum Gasteiger partial charge on any atom is -0.381 e. The lowest BCUT2D eigenvalue weighted by atomic mass is 10.0. The lowest BCUT2D eigenvalue weighted by Gasteiger charge is -2.29. The molecule has 15 heteroatoms. The molecule has 1 aliphatic rings. The molecule has 0 aromatic heterocycles. The number of guanidine groups is 1. The fraction of sp³-hybridized carbons (Fsp3) is 0.349. The SMILES string of the molecule is CCC(N=C(N)N)C1NC(=O)C(Cc2ccccc2)NC(=O)C(NC(=O)c2ccccc2)COCCCCOCCC(C(=O)Nc2cccc3ccccc23)NC1=O. The summed E-state index contributed by atoms with van der Waals surface area (Å²) in [5.74, 6) is -3.44. The van der Waals surface area contributed by atoms with Gasteiger partial charge in [-0.1, -0.05) is 91.9 Å². The van der Waals surface area contributed by atoms with E-state index in [9.17, 15) is 24.0 Å². The first kappa shape index (κ1) is 42.8. The lowest BCUT2D eigenvalue weighted by molar-refractivity contribution is -0.134. The molecule has 0 saturated carbocycles. The first-order valence-corrected chi connectivity index (χ1v) is 19.5. The quantitative estimate of drug-likeness (QED) is 0.0975. The summed E-state index contributed by atoms with van der Waals surface area (Å²) in [4.78, 5) is 74.2. The highest BCUT2D eigenvalue weighted by molar-refractivity contribution is 6.05. The van der Waals surface area contributed by atoms with Gasteiger partial charge in [0.2, 0.25) is 23.6 Å². The molecule has 306 valence electrons. The molecule has 5 amide bonds. The molecule has 0 spiro atoms. The number of hydrogen-bond acceptors (Lipinski definition) is 8. The smallest absolute Gasteiger partial charge is 0.251 e. The highest BCUT2D eigenvalue weighted by Gasteiger charge is 2.35. The van der Waals surface area contributed by atoms with E-state index in [1.54, 1.807) is 67.6 Å². The van der Waals surface area contributed by atoms with Crippen LogP contribution in [0.2, 0.25) is 0 Å². The maximum absolute atomic E-state index is 14.4. The summed E-state index contributed by atoms with van der Waals surface area (Å²) in [7, 11) is 0. The van der Waals surface area contributed by atoms with Crippen molar-refractivity contribution < 1.29 is 33.4 Å². The molecule has 0 aliphatic carbocycles. The molecule has 1 saturated heterocycles. The molecule has 1 fully saturated rings. The number of benzene rings is 4. The van der Waals surface area contributed by atoms with Crippen molar-refractivity contribution in [1.82, 2.24) is 21.3 Å². The van der Waals surface area contributed by atoms with Gasteiger partial charge in [0.1, 0.15) is 24.2 Å². The van der Waals surface area contributed by atoms with Gasteiger partial charge in [0.25, 0.3) is 5.91 Å². The van der Waals surface area contributed by atoms with Crippen molar-refractivity contribution in [3.63, 3.8) is 0 Å². The minimum absolute atomic E-state index is 0.0272. The Labute approximate surface area is 337 Å². The molecular weight excluding hydrogens is 741 g/mol. The lowest BCUT2D eigenvalue weighted by Crippen LogP contribution is -2.61. The number of amides is 5. The largest absolute Gasteiger partial charge is 0.381 e. The highest BCUT2D eigenvalue weighted by atomic mass is 16.5. The average Bonchev–Trinajstić information content (AvgIpc) is 3.23. The summed E-state index contributed by atoms with van der Waals surface area (Å²) >= 11 is 0. The molecule has 0 radical (unpaired) electrons. The Morgan fingerprint density at radius 3 is 2.17 bits per heavy atom. The van der Waals surface area contributed by atoms with Crippen molar-refractivity contribution >= 4 is 52.0 Å². The topological polar surface area (TPSA) is 228 Å². The molecular formula is C43H52N8O7. The molecule has 5 rings (SSSR count). The Balaban J connectivity index is 1.46. The van der Waals surface area contributed by atoms with Gasteiger partial charge in [-0.15, -0.1) is 0 Å². The zero-order chi connectivity index (χ0) is 41.3. The fourth-order valence-electron chi connectivity index (χ4n) is 6.53. The van der Waals surface area contributed by atoms with Crippen molar-refractivity contribution in [2.75, 3.05) is 31.7 Å². The summed E-state index contributed by atoms with van der Waals surface area (Å²) < 4.78 is 11.7. The van der Waals surface area contributed by atoms with Crippen LogP contribution in [-0.4, -0.2) is 92.1 Å². The molecule has 5 atom stereocenters. The number of aliphatic imine (C=N–C) groups is 1. The maximum atomic E-state index is 14.4. The van der Waals surface area contributed by atoms with E-state index in [2.05, 4.69) is 31.6 Å². The van der Waals surface area contributed by atoms with Crippen LogP contribution in [0.1, 0.15) is 48.5 Å². The summed E-state index contributed by atoms with van der Waals surface area (Å²) in [5.41, 5.74) is 13.2. The summed E-state index contributed by atoms with van der Waals surface area (Å²) in [6.07, 6.45) is 1.52. The average molecular weight is 793 g/mol. The van der Waals surface area contributed by atoms with Crippen molar-refractivity contribution in [1.29, 1.82) is 0 Å². The van der Waals surface area contributed by atoms with Gasteiger partial charge >= 0.3 is 0 Å². The predicted octanol–water partition coefficient (Wildman–Crippen LogP) is 2.54. The van der Waals surface area contributed by atoms with Gasteiger partial charge in [-0.2, -0.15) is 0 Å². The second kappa shape index (κ2) is 21.8. The number of hydrogen-bond donors (Lipinski definition) is 7. The van der Waals surface area contributed by atoms with E-state index in [-0.39, 0.29) is 45.0 Å². The number of fused-ring (bicyclic) bond motifs is 1. The number of rotatable bonds is 9. The third-order valence-electron chi connectivity index (χ3n) is 9.61. The Kier molecular flexibility index (Phi) is 16.1. The van der Waals surface area contributed by atoms with Crippen LogP contribution in [0.5, 0.6) is 0 Å². The second-order valence-electron chi connectivity index (χ2n) is 13.9. The van der Waals surface area contributed by atoms with Crippen molar-refractivity contribution in [3.05, 3.63) is 114 Å². The predicted molar refractivity (Wildman–Crippen MR) is 222 cm³/mol. The number of carbonyl (C=O) groups excluding carboxylic acids is 5. The zero-order valence-corrected chi connectivity index (χ0v) is 32.5. The summed E-state index contributed by atoms with van der Waals surface area (Å²) in [6, 6.07) is 24.7. The van der Waals surface area contributed by atoms with E-state index in [4.69, 9.17) is 20.9 Å². The fourth-order valence-corrected chi connectivity index (χ4v) is 6.53. The monoisotopic (exact) mass is 792 g/mol. The summed E-state index contributed by atoms with van der Waals surface area (Å²) in [5, 5.41) is 15.8. The molecule has 1 aliphatic heterocycles. The van der Waals surface area contributed by atoms with Gasteiger partial charge in [0, 0.05) is 42.9 Å². The van der Waals surface area contributed by atoms with Gasteiger partial charge < -0.3 is 47.5 Å². The molecule has 0 bridgehead atoms. The van der Waals surface area contributed by atoms with E-state index >= 15 is 0 Å². The Hall–Kier alpha value is -6.32. The van der Waals surface area contributed by atoms with Crippen molar-refractivity contribution in [2.45, 2.75) is 69.2 Å². The van der Waals surface area contributed by atoms with Gasteiger partial charge in [0.05, 0.1) is 12.6 Å². The van der Waals surface area contributed by atoms with Gasteiger partial charge in [-0.3, -0.25) is 24.0 Å². The third-order valence-corrected chi connectivity index (χ3v) is 9.61. The van der Waals surface area contributed by atoms with Gasteiger partial charge in [-0.05, 0) is 54.8 Å². The number of nitrogens with two attached hydrogens (primary N) is 2. The molecule has 4 aromatic carbocycles. The standard InChI is InChI=1S/C43H52N8O7/c1-2-32(50-43(44)45)37-42(56)47-34(39(53)46-33-21-13-19-29-16-9-10-20-31(29)33)22-25-57-23-11-12-24-58-27-36(49-38(52)30-17-7-4-8-18-30)41(55)48-35(40(54)51-37)26-28-14-5-3-6-15-28/h3-10,13-21,32,34-37H,2,11-12,22-27H2,1H3,(H,46,53)(H,47,56)(H,48,55)(H,49,52)(H,51,54)(H4,44,45,50). The molecule has 5 unspecified atom stereocenters. The second-order valence-corrected chi connectivity index (χ2v) is 13.9.